The minimum atomic E-state index is -1.39. The van der Waals surface area contributed by atoms with E-state index < -0.39 is 42.3 Å². The summed E-state index contributed by atoms with van der Waals surface area (Å²) in [4.78, 5) is 52.0. The average molecular weight is 587 g/mol. The van der Waals surface area contributed by atoms with Crippen LogP contribution in [-0.2, 0) is 14.3 Å². The van der Waals surface area contributed by atoms with E-state index in [9.17, 15) is 19.2 Å². The van der Waals surface area contributed by atoms with Gasteiger partial charge < -0.3 is 10.1 Å². The molecule has 0 aliphatic carbocycles. The van der Waals surface area contributed by atoms with Gasteiger partial charge in [0, 0.05) is 5.02 Å². The van der Waals surface area contributed by atoms with E-state index in [4.69, 9.17) is 74.3 Å². The highest BCUT2D eigenvalue weighted by atomic mass is 35.5. The molecule has 0 bridgehead atoms. The van der Waals surface area contributed by atoms with Gasteiger partial charge in [0.05, 0.1) is 41.9 Å². The maximum Gasteiger partial charge on any atom is 0.330 e. The monoisotopic (exact) mass is 584 g/mol. The molecule has 7 nitrogen and oxygen atoms in total. The van der Waals surface area contributed by atoms with Crippen LogP contribution in [0.2, 0.25) is 30.1 Å². The number of amides is 3. The molecule has 3 rings (SSSR count). The van der Waals surface area contributed by atoms with Crippen molar-refractivity contribution >= 4 is 99.0 Å². The fourth-order valence-corrected chi connectivity index (χ4v) is 4.65. The summed E-state index contributed by atoms with van der Waals surface area (Å²) < 4.78 is 5.09. The topological polar surface area (TPSA) is 92.8 Å². The summed E-state index contributed by atoms with van der Waals surface area (Å²) in [5.41, 5.74) is -0.315. The zero-order valence-corrected chi connectivity index (χ0v) is 21.9. The second-order valence-electron chi connectivity index (χ2n) is 7.46. The van der Waals surface area contributed by atoms with Crippen LogP contribution in [0.3, 0.4) is 0 Å². The normalized spacial score (nSPS) is 13.9. The third-order valence-electron chi connectivity index (χ3n) is 4.83. The molecule has 2 aromatic carbocycles. The summed E-state index contributed by atoms with van der Waals surface area (Å²) in [6, 6.07) is 3.05. The lowest BCUT2D eigenvalue weighted by Gasteiger charge is -2.27. The number of halogens is 6. The van der Waals surface area contributed by atoms with E-state index in [-0.39, 0.29) is 41.9 Å². The van der Waals surface area contributed by atoms with E-state index in [2.05, 4.69) is 5.32 Å². The zero-order chi connectivity index (χ0) is 25.5. The summed E-state index contributed by atoms with van der Waals surface area (Å²) in [5.74, 6) is -4.09. The van der Waals surface area contributed by atoms with E-state index in [0.29, 0.717) is 9.92 Å². The molecule has 2 aromatic rings. The lowest BCUT2D eigenvalue weighted by molar-refractivity contribution is -0.152. The van der Waals surface area contributed by atoms with Crippen LogP contribution in [0.15, 0.2) is 18.2 Å². The number of hydrogen-bond donors (Lipinski definition) is 1. The van der Waals surface area contributed by atoms with Crippen molar-refractivity contribution < 1.29 is 23.9 Å². The number of fused-ring (bicyclic) bond motifs is 1. The van der Waals surface area contributed by atoms with Crippen LogP contribution in [0.4, 0.5) is 5.69 Å². The molecule has 1 aliphatic heterocycles. The predicted molar refractivity (Wildman–Crippen MR) is 132 cm³/mol. The Bertz CT molecular complexity index is 1190. The molecule has 0 saturated carbocycles. The third kappa shape index (κ3) is 4.96. The van der Waals surface area contributed by atoms with Crippen LogP contribution in [0.5, 0.6) is 0 Å². The molecule has 1 aliphatic rings. The highest BCUT2D eigenvalue weighted by Gasteiger charge is 2.48. The summed E-state index contributed by atoms with van der Waals surface area (Å²) in [7, 11) is 0. The highest BCUT2D eigenvalue weighted by molar-refractivity contribution is 6.55. The fourth-order valence-electron chi connectivity index (χ4n) is 3.30. The largest absolute Gasteiger partial charge is 0.454 e. The Labute approximate surface area is 224 Å². The number of ether oxygens (including phenoxy) is 1. The number of imide groups is 1. The Morgan fingerprint density at radius 1 is 0.912 bits per heavy atom. The summed E-state index contributed by atoms with van der Waals surface area (Å²) in [6.45, 7) is 2.46. The van der Waals surface area contributed by atoms with Gasteiger partial charge in [-0.05, 0) is 24.1 Å². The first-order valence-corrected chi connectivity index (χ1v) is 11.8. The van der Waals surface area contributed by atoms with Gasteiger partial charge in [0.25, 0.3) is 17.7 Å². The number of benzene rings is 2. The van der Waals surface area contributed by atoms with Crippen molar-refractivity contribution in [3.63, 3.8) is 0 Å². The molecule has 0 fully saturated rings. The number of esters is 1. The van der Waals surface area contributed by atoms with Crippen molar-refractivity contribution in [1.29, 1.82) is 0 Å². The van der Waals surface area contributed by atoms with Crippen LogP contribution in [0.25, 0.3) is 0 Å². The zero-order valence-electron chi connectivity index (χ0n) is 17.4. The third-order valence-corrected chi connectivity index (χ3v) is 7.20. The molecule has 34 heavy (non-hydrogen) atoms. The Morgan fingerprint density at radius 3 is 1.94 bits per heavy atom. The van der Waals surface area contributed by atoms with E-state index in [1.807, 2.05) is 0 Å². The van der Waals surface area contributed by atoms with Gasteiger partial charge in [-0.2, -0.15) is 0 Å². The van der Waals surface area contributed by atoms with Gasteiger partial charge >= 0.3 is 5.97 Å². The molecular formula is C21H14Cl6N2O5. The maximum atomic E-state index is 13.1. The molecule has 1 atom stereocenters. The number of carbonyl (C=O) groups excluding carboxylic acids is 4. The second-order valence-corrected chi connectivity index (χ2v) is 9.81. The highest BCUT2D eigenvalue weighted by Crippen LogP contribution is 2.45. The van der Waals surface area contributed by atoms with Gasteiger partial charge in [-0.1, -0.05) is 83.5 Å². The fraction of sp³-hybridized carbons (Fsp3) is 0.238. The number of rotatable bonds is 6. The lowest BCUT2D eigenvalue weighted by atomic mass is 10.0. The Hall–Kier alpha value is -1.74. The van der Waals surface area contributed by atoms with Gasteiger partial charge in [-0.3, -0.25) is 19.3 Å². The molecule has 0 unspecified atom stereocenters. The molecule has 13 heteroatoms. The van der Waals surface area contributed by atoms with Gasteiger partial charge in [0.15, 0.2) is 6.61 Å². The minimum Gasteiger partial charge on any atom is -0.454 e. The van der Waals surface area contributed by atoms with Crippen molar-refractivity contribution in [2.75, 3.05) is 11.9 Å². The number of carbonyl (C=O) groups is 4. The quantitative estimate of drug-likeness (QED) is 0.183. The van der Waals surface area contributed by atoms with Crippen LogP contribution in [-0.4, -0.2) is 41.2 Å². The van der Waals surface area contributed by atoms with Crippen molar-refractivity contribution in [3.05, 3.63) is 59.5 Å². The Kier molecular flexibility index (Phi) is 8.28. The average Bonchev–Trinajstić information content (AvgIpc) is 3.02. The van der Waals surface area contributed by atoms with Gasteiger partial charge in [-0.15, -0.1) is 0 Å². The minimum absolute atomic E-state index is 0.199. The van der Waals surface area contributed by atoms with Gasteiger partial charge in [-0.25, -0.2) is 4.79 Å². The number of hydrogen-bond acceptors (Lipinski definition) is 5. The number of nitrogens with zero attached hydrogens (tertiary/aromatic N) is 1. The lowest BCUT2D eigenvalue weighted by Crippen LogP contribution is -2.49. The van der Waals surface area contributed by atoms with Crippen molar-refractivity contribution in [1.82, 2.24) is 4.90 Å². The number of anilines is 1. The first-order chi connectivity index (χ1) is 15.9. The molecule has 0 radical (unpaired) electrons. The Morgan fingerprint density at radius 2 is 1.44 bits per heavy atom. The maximum absolute atomic E-state index is 13.1. The summed E-state index contributed by atoms with van der Waals surface area (Å²) >= 11 is 36.2. The molecule has 0 spiro atoms. The molecule has 0 aromatic heterocycles. The SMILES string of the molecule is CC(C)[C@@H](C(=O)OCC(=O)Nc1cc(Cl)ccc1Cl)N1C(=O)c2c(Cl)c(Cl)c(Cl)c(Cl)c2C1=O. The van der Waals surface area contributed by atoms with Crippen molar-refractivity contribution in [2.45, 2.75) is 19.9 Å². The first kappa shape index (κ1) is 26.9. The smallest absolute Gasteiger partial charge is 0.330 e. The second kappa shape index (κ2) is 10.5. The van der Waals surface area contributed by atoms with E-state index >= 15 is 0 Å². The Balaban J connectivity index is 1.81. The van der Waals surface area contributed by atoms with E-state index in [1.165, 1.54) is 18.2 Å². The van der Waals surface area contributed by atoms with Crippen LogP contribution in [0.1, 0.15) is 34.6 Å². The van der Waals surface area contributed by atoms with E-state index in [0.717, 1.165) is 0 Å². The molecule has 3 amide bonds. The summed E-state index contributed by atoms with van der Waals surface area (Å²) in [6.07, 6.45) is 0. The standard InChI is InChI=1S/C21H14Cl6N2O5/c1-7(2)18(21(33)34-6-11(30)28-10-5-8(22)3-4-9(10)23)29-19(31)12-13(20(29)32)15(25)17(27)16(26)14(12)24/h3-5,7,18H,6H2,1-2H3,(H,28,30)/t18-/m0/s1. The van der Waals surface area contributed by atoms with Crippen molar-refractivity contribution in [2.24, 2.45) is 5.92 Å². The molecular weight excluding hydrogens is 573 g/mol. The first-order valence-electron chi connectivity index (χ1n) is 9.52. The van der Waals surface area contributed by atoms with Crippen LogP contribution in [0, 0.1) is 5.92 Å². The molecule has 180 valence electrons. The predicted octanol–water partition coefficient (Wildman–Crippen LogP) is 6.41. The van der Waals surface area contributed by atoms with E-state index in [1.54, 1.807) is 13.8 Å². The molecule has 1 heterocycles. The van der Waals surface area contributed by atoms with Crippen LogP contribution < -0.4 is 5.32 Å². The van der Waals surface area contributed by atoms with Crippen LogP contribution >= 0.6 is 69.6 Å². The molecule has 1 N–H and O–H groups in total. The van der Waals surface area contributed by atoms with Gasteiger partial charge in [0.2, 0.25) is 0 Å². The molecule has 0 saturated heterocycles. The summed E-state index contributed by atoms with van der Waals surface area (Å²) in [5, 5.41) is 2.09. The van der Waals surface area contributed by atoms with Gasteiger partial charge in [0.1, 0.15) is 6.04 Å². The van der Waals surface area contributed by atoms with Crippen molar-refractivity contribution in [3.8, 4) is 0 Å². The number of nitrogens with one attached hydrogen (secondary N) is 1.